The molecule has 2 amide bonds. The third kappa shape index (κ3) is 5.81. The van der Waals surface area contributed by atoms with Crippen molar-refractivity contribution >= 4 is 11.8 Å². The van der Waals surface area contributed by atoms with E-state index in [4.69, 9.17) is 9.47 Å². The van der Waals surface area contributed by atoms with Crippen LogP contribution in [-0.2, 0) is 14.3 Å². The lowest BCUT2D eigenvalue weighted by Crippen LogP contribution is -2.47. The number of ether oxygens (including phenoxy) is 2. The summed E-state index contributed by atoms with van der Waals surface area (Å²) in [4.78, 5) is 35.7. The van der Waals surface area contributed by atoms with Crippen molar-refractivity contribution in [3.05, 3.63) is 29.6 Å². The van der Waals surface area contributed by atoms with Gasteiger partial charge in [0.15, 0.2) is 0 Å². The number of aromatic nitrogens is 1. The second-order valence-corrected chi connectivity index (χ2v) is 8.87. The molecule has 4 rings (SSSR count). The molecule has 1 aromatic rings. The molecule has 1 aromatic heterocycles. The van der Waals surface area contributed by atoms with Crippen LogP contribution < -0.4 is 0 Å². The van der Waals surface area contributed by atoms with Gasteiger partial charge in [-0.1, -0.05) is 0 Å². The van der Waals surface area contributed by atoms with Crippen LogP contribution in [-0.4, -0.2) is 104 Å². The van der Waals surface area contributed by atoms with Crippen LogP contribution in [0.15, 0.2) is 18.3 Å². The molecule has 0 aromatic carbocycles. The van der Waals surface area contributed by atoms with E-state index in [1.807, 2.05) is 21.9 Å². The number of piperazine rings is 1. The fourth-order valence-corrected chi connectivity index (χ4v) is 4.53. The molecule has 8 nitrogen and oxygen atoms in total. The van der Waals surface area contributed by atoms with Crippen LogP contribution in [0.1, 0.15) is 47.7 Å². The van der Waals surface area contributed by atoms with Crippen molar-refractivity contribution in [2.24, 2.45) is 0 Å². The fraction of sp³-hybridized carbons (Fsp3) is 0.696. The number of nitrogens with zero attached hydrogens (tertiary/aromatic N) is 4. The van der Waals surface area contributed by atoms with E-state index in [2.05, 4.69) is 16.9 Å². The summed E-state index contributed by atoms with van der Waals surface area (Å²) in [6, 6.07) is 3.88. The Labute approximate surface area is 184 Å². The molecular weight excluding hydrogens is 396 g/mol. The largest absolute Gasteiger partial charge is 0.376 e. The average Bonchev–Trinajstić information content (AvgIpc) is 3.33. The molecule has 8 heteroatoms. The highest BCUT2D eigenvalue weighted by molar-refractivity contribution is 5.94. The van der Waals surface area contributed by atoms with Crippen LogP contribution >= 0.6 is 0 Å². The summed E-state index contributed by atoms with van der Waals surface area (Å²) in [7, 11) is 2.08. The first-order chi connectivity index (χ1) is 15.1. The highest BCUT2D eigenvalue weighted by Gasteiger charge is 2.26. The van der Waals surface area contributed by atoms with E-state index in [1.165, 1.54) is 0 Å². The molecule has 3 aliphatic rings. The third-order valence-corrected chi connectivity index (χ3v) is 6.64. The van der Waals surface area contributed by atoms with Gasteiger partial charge in [0.05, 0.1) is 18.3 Å². The maximum atomic E-state index is 12.7. The van der Waals surface area contributed by atoms with Gasteiger partial charge in [0, 0.05) is 63.7 Å². The lowest BCUT2D eigenvalue weighted by molar-refractivity contribution is -0.138. The molecule has 0 bridgehead atoms. The molecule has 0 aliphatic carbocycles. The van der Waals surface area contributed by atoms with Gasteiger partial charge in [-0.3, -0.25) is 14.6 Å². The predicted octanol–water partition coefficient (Wildman–Crippen LogP) is 1.37. The van der Waals surface area contributed by atoms with E-state index in [0.717, 1.165) is 77.3 Å². The molecule has 31 heavy (non-hydrogen) atoms. The van der Waals surface area contributed by atoms with Crippen molar-refractivity contribution < 1.29 is 19.1 Å². The van der Waals surface area contributed by atoms with Crippen molar-refractivity contribution in [3.8, 4) is 0 Å². The molecule has 3 aliphatic heterocycles. The van der Waals surface area contributed by atoms with Gasteiger partial charge in [-0.05, 0) is 44.9 Å². The average molecular weight is 431 g/mol. The Hall–Kier alpha value is -2.03. The quantitative estimate of drug-likeness (QED) is 0.679. The van der Waals surface area contributed by atoms with Crippen LogP contribution in [0.4, 0.5) is 0 Å². The Balaban J connectivity index is 1.21. The normalized spacial score (nSPS) is 23.3. The number of likely N-dealkylation sites (tertiary alicyclic amines) is 1. The lowest BCUT2D eigenvalue weighted by Gasteiger charge is -2.33. The molecule has 3 fully saturated rings. The lowest BCUT2D eigenvalue weighted by atomic mass is 9.92. The second kappa shape index (κ2) is 10.5. The van der Waals surface area contributed by atoms with Gasteiger partial charge < -0.3 is 24.2 Å². The zero-order chi connectivity index (χ0) is 21.6. The summed E-state index contributed by atoms with van der Waals surface area (Å²) in [5.74, 6) is 0.442. The molecule has 0 saturated carbocycles. The van der Waals surface area contributed by atoms with Gasteiger partial charge in [0.25, 0.3) is 5.91 Å². The summed E-state index contributed by atoms with van der Waals surface area (Å²) >= 11 is 0. The van der Waals surface area contributed by atoms with Crippen molar-refractivity contribution in [1.29, 1.82) is 0 Å². The van der Waals surface area contributed by atoms with E-state index in [9.17, 15) is 9.59 Å². The van der Waals surface area contributed by atoms with Crippen LogP contribution in [0.2, 0.25) is 0 Å². The zero-order valence-electron chi connectivity index (χ0n) is 18.5. The minimum Gasteiger partial charge on any atom is -0.376 e. The minimum absolute atomic E-state index is 0.0533. The summed E-state index contributed by atoms with van der Waals surface area (Å²) < 4.78 is 11.1. The first-order valence-corrected chi connectivity index (χ1v) is 11.5. The standard InChI is InChI=1S/C23H34N4O4/c1-25-10-12-27(13-11-25)23(29)19-4-5-21(24-15-19)18-6-8-26(9-7-18)22(28)17-30-16-20-3-2-14-31-20/h4-5,15,18,20H,2-3,6-14,16-17H2,1H3. The van der Waals surface area contributed by atoms with Gasteiger partial charge in [-0.15, -0.1) is 0 Å². The summed E-state index contributed by atoms with van der Waals surface area (Å²) in [5.41, 5.74) is 1.67. The Morgan fingerprint density at radius 1 is 1.06 bits per heavy atom. The van der Waals surface area contributed by atoms with Gasteiger partial charge in [-0.25, -0.2) is 0 Å². The van der Waals surface area contributed by atoms with Gasteiger partial charge in [0.2, 0.25) is 5.91 Å². The number of carbonyl (C=O) groups is 2. The molecule has 0 spiro atoms. The van der Waals surface area contributed by atoms with Crippen molar-refractivity contribution in [2.45, 2.75) is 37.7 Å². The molecule has 0 radical (unpaired) electrons. The SMILES string of the molecule is CN1CCN(C(=O)c2ccc(C3CCN(C(=O)COCC4CCCO4)CC3)nc2)CC1. The predicted molar refractivity (Wildman–Crippen MR) is 116 cm³/mol. The number of hydrogen-bond donors (Lipinski definition) is 0. The first-order valence-electron chi connectivity index (χ1n) is 11.5. The maximum Gasteiger partial charge on any atom is 0.255 e. The molecule has 1 unspecified atom stereocenters. The first kappa shape index (κ1) is 22.2. The number of rotatable bonds is 6. The number of pyridine rings is 1. The van der Waals surface area contributed by atoms with E-state index in [-0.39, 0.29) is 24.5 Å². The topological polar surface area (TPSA) is 75.2 Å². The minimum atomic E-state index is 0.0533. The molecule has 3 saturated heterocycles. The molecule has 0 N–H and O–H groups in total. The van der Waals surface area contributed by atoms with Crippen molar-refractivity contribution in [3.63, 3.8) is 0 Å². The molecule has 170 valence electrons. The summed E-state index contributed by atoms with van der Waals surface area (Å²) in [6.07, 6.45) is 5.73. The van der Waals surface area contributed by atoms with Crippen molar-refractivity contribution in [2.75, 3.05) is 66.1 Å². The van der Waals surface area contributed by atoms with Gasteiger partial charge in [-0.2, -0.15) is 0 Å². The molecule has 1 atom stereocenters. The van der Waals surface area contributed by atoms with Crippen molar-refractivity contribution in [1.82, 2.24) is 19.7 Å². The van der Waals surface area contributed by atoms with Gasteiger partial charge in [0.1, 0.15) is 6.61 Å². The molecular formula is C23H34N4O4. The Morgan fingerprint density at radius 3 is 2.48 bits per heavy atom. The van der Waals surface area contributed by atoms with Crippen LogP contribution in [0.25, 0.3) is 0 Å². The highest BCUT2D eigenvalue weighted by atomic mass is 16.5. The third-order valence-electron chi connectivity index (χ3n) is 6.64. The smallest absolute Gasteiger partial charge is 0.255 e. The monoisotopic (exact) mass is 430 g/mol. The van der Waals surface area contributed by atoms with E-state index >= 15 is 0 Å². The highest BCUT2D eigenvalue weighted by Crippen LogP contribution is 2.27. The maximum absolute atomic E-state index is 12.7. The Kier molecular flexibility index (Phi) is 7.53. The number of carbonyl (C=O) groups excluding carboxylic acids is 2. The second-order valence-electron chi connectivity index (χ2n) is 8.87. The Bertz CT molecular complexity index is 734. The van der Waals surface area contributed by atoms with E-state index < -0.39 is 0 Å². The zero-order valence-corrected chi connectivity index (χ0v) is 18.5. The number of amides is 2. The van der Waals surface area contributed by atoms with E-state index in [1.54, 1.807) is 6.20 Å². The summed E-state index contributed by atoms with van der Waals surface area (Å²) in [5, 5.41) is 0. The van der Waals surface area contributed by atoms with Gasteiger partial charge >= 0.3 is 0 Å². The summed E-state index contributed by atoms with van der Waals surface area (Å²) in [6.45, 7) is 6.22. The van der Waals surface area contributed by atoms with E-state index in [0.29, 0.717) is 18.1 Å². The number of piperidine rings is 1. The number of hydrogen-bond acceptors (Lipinski definition) is 6. The van der Waals surface area contributed by atoms with Crippen LogP contribution in [0.5, 0.6) is 0 Å². The molecule has 4 heterocycles. The van der Waals surface area contributed by atoms with Crippen LogP contribution in [0.3, 0.4) is 0 Å². The van der Waals surface area contributed by atoms with Crippen LogP contribution in [0, 0.1) is 0 Å². The Morgan fingerprint density at radius 2 is 1.84 bits per heavy atom. The number of likely N-dealkylation sites (N-methyl/N-ethyl adjacent to an activating group) is 1. The fourth-order valence-electron chi connectivity index (χ4n) is 4.53.